The summed E-state index contributed by atoms with van der Waals surface area (Å²) in [6.07, 6.45) is 2.91. The van der Waals surface area contributed by atoms with Gasteiger partial charge in [0.15, 0.2) is 0 Å². The molecule has 0 bridgehead atoms. The molecule has 0 aromatic heterocycles. The van der Waals surface area contributed by atoms with Crippen molar-refractivity contribution < 1.29 is 8.42 Å². The van der Waals surface area contributed by atoms with Gasteiger partial charge < -0.3 is 5.32 Å². The molecule has 0 saturated carbocycles. The Kier molecular flexibility index (Phi) is 4.37. The van der Waals surface area contributed by atoms with Gasteiger partial charge >= 0.3 is 0 Å². The lowest BCUT2D eigenvalue weighted by Gasteiger charge is -2.12. The van der Waals surface area contributed by atoms with Crippen LogP contribution in [0.15, 0.2) is 29.2 Å². The van der Waals surface area contributed by atoms with Crippen molar-refractivity contribution in [2.45, 2.75) is 37.1 Å². The topological polar surface area (TPSA) is 58.2 Å². The highest BCUT2D eigenvalue weighted by molar-refractivity contribution is 7.89. The quantitative estimate of drug-likeness (QED) is 0.846. The molecule has 0 spiro atoms. The number of sulfonamides is 1. The summed E-state index contributed by atoms with van der Waals surface area (Å²) >= 11 is 0. The fraction of sp³-hybridized carbons (Fsp3) is 0.538. The van der Waals surface area contributed by atoms with Crippen LogP contribution in [0.2, 0.25) is 0 Å². The Labute approximate surface area is 109 Å². The van der Waals surface area contributed by atoms with Crippen LogP contribution in [0.4, 0.5) is 0 Å². The van der Waals surface area contributed by atoms with Crippen molar-refractivity contribution in [2.24, 2.45) is 0 Å². The molecule has 1 fully saturated rings. The molecule has 1 saturated heterocycles. The molecule has 1 aromatic rings. The van der Waals surface area contributed by atoms with Crippen molar-refractivity contribution in [1.29, 1.82) is 0 Å². The number of hydrogen-bond donors (Lipinski definition) is 2. The van der Waals surface area contributed by atoms with Crippen molar-refractivity contribution in [1.82, 2.24) is 10.0 Å². The highest BCUT2D eigenvalue weighted by atomic mass is 32.2. The molecule has 4 nitrogen and oxygen atoms in total. The highest BCUT2D eigenvalue weighted by Gasteiger charge is 2.22. The molecule has 18 heavy (non-hydrogen) atoms. The van der Waals surface area contributed by atoms with E-state index in [0.717, 1.165) is 25.8 Å². The third kappa shape index (κ3) is 3.31. The van der Waals surface area contributed by atoms with Gasteiger partial charge in [0.2, 0.25) is 10.0 Å². The summed E-state index contributed by atoms with van der Waals surface area (Å²) in [4.78, 5) is 0.356. The zero-order chi connectivity index (χ0) is 13.0. The number of benzene rings is 1. The molecule has 0 unspecified atom stereocenters. The normalized spacial score (nSPS) is 20.2. The summed E-state index contributed by atoms with van der Waals surface area (Å²) in [6.45, 7) is 3.70. The molecule has 5 heteroatoms. The molecule has 2 N–H and O–H groups in total. The molecule has 2 rings (SSSR count). The van der Waals surface area contributed by atoms with Crippen LogP contribution in [0.3, 0.4) is 0 Å². The van der Waals surface area contributed by atoms with Crippen LogP contribution < -0.4 is 10.0 Å². The molecule has 0 radical (unpaired) electrons. The van der Waals surface area contributed by atoms with E-state index in [2.05, 4.69) is 17.0 Å². The van der Waals surface area contributed by atoms with Crippen LogP contribution in [-0.4, -0.2) is 27.5 Å². The second-order valence-electron chi connectivity index (χ2n) is 4.70. The molecule has 0 amide bonds. The first-order chi connectivity index (χ1) is 8.62. The van der Waals surface area contributed by atoms with Crippen molar-refractivity contribution in [3.05, 3.63) is 29.8 Å². The van der Waals surface area contributed by atoms with Crippen molar-refractivity contribution in [3.8, 4) is 0 Å². The van der Waals surface area contributed by atoms with E-state index < -0.39 is 10.0 Å². The van der Waals surface area contributed by atoms with Crippen LogP contribution in [0.5, 0.6) is 0 Å². The van der Waals surface area contributed by atoms with E-state index in [1.807, 2.05) is 12.1 Å². The van der Waals surface area contributed by atoms with E-state index in [-0.39, 0.29) is 6.04 Å². The van der Waals surface area contributed by atoms with Crippen molar-refractivity contribution in [2.75, 3.05) is 13.1 Å². The van der Waals surface area contributed by atoms with Crippen LogP contribution >= 0.6 is 0 Å². The zero-order valence-electron chi connectivity index (χ0n) is 10.6. The Bertz CT molecular complexity index is 476. The maximum absolute atomic E-state index is 12.1. The molecule has 1 aliphatic heterocycles. The molecule has 1 aromatic carbocycles. The van der Waals surface area contributed by atoms with E-state index in [9.17, 15) is 8.42 Å². The lowest BCUT2D eigenvalue weighted by atomic mass is 10.1. The summed E-state index contributed by atoms with van der Waals surface area (Å²) in [7, 11) is -3.37. The summed E-state index contributed by atoms with van der Waals surface area (Å²) in [5.74, 6) is 0. The monoisotopic (exact) mass is 268 g/mol. The van der Waals surface area contributed by atoms with Crippen LogP contribution in [0, 0.1) is 0 Å². The van der Waals surface area contributed by atoms with Gasteiger partial charge in [0.1, 0.15) is 0 Å². The zero-order valence-corrected chi connectivity index (χ0v) is 11.5. The third-order valence-corrected chi connectivity index (χ3v) is 4.69. The second-order valence-corrected chi connectivity index (χ2v) is 6.42. The van der Waals surface area contributed by atoms with Gasteiger partial charge in [-0.3, -0.25) is 0 Å². The minimum Gasteiger partial charge on any atom is -0.315 e. The van der Waals surface area contributed by atoms with Gasteiger partial charge in [0, 0.05) is 12.6 Å². The maximum Gasteiger partial charge on any atom is 0.240 e. The predicted octanol–water partition coefficient (Wildman–Crippen LogP) is 1.28. The van der Waals surface area contributed by atoms with Crippen LogP contribution in [-0.2, 0) is 16.4 Å². The SMILES string of the molecule is CCCc1ccc(S(=O)(=O)N[C@@H]2CCNC2)cc1. The van der Waals surface area contributed by atoms with E-state index in [1.54, 1.807) is 12.1 Å². The average Bonchev–Trinajstić information content (AvgIpc) is 2.82. The Morgan fingerprint density at radius 3 is 2.61 bits per heavy atom. The van der Waals surface area contributed by atoms with Gasteiger partial charge in [-0.1, -0.05) is 25.5 Å². The Hall–Kier alpha value is -0.910. The van der Waals surface area contributed by atoms with E-state index in [0.29, 0.717) is 11.4 Å². The third-order valence-electron chi connectivity index (χ3n) is 3.15. The fourth-order valence-electron chi connectivity index (χ4n) is 2.17. The van der Waals surface area contributed by atoms with Gasteiger partial charge in [-0.2, -0.15) is 0 Å². The molecule has 1 atom stereocenters. The number of nitrogens with one attached hydrogen (secondary N) is 2. The molecule has 1 aliphatic rings. The first kappa shape index (κ1) is 13.5. The lowest BCUT2D eigenvalue weighted by molar-refractivity contribution is 0.560. The summed E-state index contributed by atoms with van der Waals surface area (Å²) in [6, 6.07) is 7.19. The van der Waals surface area contributed by atoms with Crippen LogP contribution in [0.25, 0.3) is 0 Å². The van der Waals surface area contributed by atoms with Gasteiger partial charge in [0.25, 0.3) is 0 Å². The Balaban J connectivity index is 2.08. The summed E-state index contributed by atoms with van der Waals surface area (Å²) in [5.41, 5.74) is 1.18. The average molecular weight is 268 g/mol. The first-order valence-corrected chi connectivity index (χ1v) is 7.92. The smallest absolute Gasteiger partial charge is 0.240 e. The number of hydrogen-bond acceptors (Lipinski definition) is 3. The van der Waals surface area contributed by atoms with Crippen molar-refractivity contribution >= 4 is 10.0 Å². The van der Waals surface area contributed by atoms with Crippen LogP contribution in [0.1, 0.15) is 25.3 Å². The Morgan fingerprint density at radius 2 is 2.06 bits per heavy atom. The number of rotatable bonds is 5. The number of aryl methyl sites for hydroxylation is 1. The van der Waals surface area contributed by atoms with E-state index in [1.165, 1.54) is 5.56 Å². The largest absolute Gasteiger partial charge is 0.315 e. The van der Waals surface area contributed by atoms with Gasteiger partial charge in [-0.25, -0.2) is 13.1 Å². The van der Waals surface area contributed by atoms with Gasteiger partial charge in [-0.15, -0.1) is 0 Å². The standard InChI is InChI=1S/C13H20N2O2S/c1-2-3-11-4-6-13(7-5-11)18(16,17)15-12-8-9-14-10-12/h4-7,12,14-15H,2-3,8-10H2,1H3/t12-/m1/s1. The predicted molar refractivity (Wildman–Crippen MR) is 72.0 cm³/mol. The minimum atomic E-state index is -3.37. The fourth-order valence-corrected chi connectivity index (χ4v) is 3.44. The summed E-state index contributed by atoms with van der Waals surface area (Å²) in [5, 5.41) is 3.15. The van der Waals surface area contributed by atoms with Crippen molar-refractivity contribution in [3.63, 3.8) is 0 Å². The molecular weight excluding hydrogens is 248 g/mol. The van der Waals surface area contributed by atoms with Gasteiger partial charge in [-0.05, 0) is 37.1 Å². The van der Waals surface area contributed by atoms with E-state index in [4.69, 9.17) is 0 Å². The molecule has 0 aliphatic carbocycles. The molecule has 100 valence electrons. The Morgan fingerprint density at radius 1 is 1.33 bits per heavy atom. The highest BCUT2D eigenvalue weighted by Crippen LogP contribution is 2.13. The summed E-state index contributed by atoms with van der Waals surface area (Å²) < 4.78 is 27.0. The van der Waals surface area contributed by atoms with E-state index >= 15 is 0 Å². The lowest BCUT2D eigenvalue weighted by Crippen LogP contribution is -2.36. The first-order valence-electron chi connectivity index (χ1n) is 6.44. The van der Waals surface area contributed by atoms with Gasteiger partial charge in [0.05, 0.1) is 4.90 Å². The molecular formula is C13H20N2O2S. The molecule has 1 heterocycles. The maximum atomic E-state index is 12.1. The second kappa shape index (κ2) is 5.82. The minimum absolute atomic E-state index is 0.0188.